The number of nitrogens with one attached hydrogen (secondary N) is 1. The van der Waals surface area contributed by atoms with Crippen LogP contribution >= 0.6 is 11.6 Å². The number of hydrogen-bond donors (Lipinski definition) is 1. The number of pyridine rings is 1. The Hall–Kier alpha value is -1.78. The third-order valence-corrected chi connectivity index (χ3v) is 4.73. The molecule has 0 spiro atoms. The summed E-state index contributed by atoms with van der Waals surface area (Å²) >= 11 is 6.20. The summed E-state index contributed by atoms with van der Waals surface area (Å²) in [6.07, 6.45) is 5.99. The lowest BCUT2D eigenvalue weighted by Crippen LogP contribution is -2.23. The summed E-state index contributed by atoms with van der Waals surface area (Å²) in [4.78, 5) is 4.04. The molecule has 0 bridgehead atoms. The van der Waals surface area contributed by atoms with Gasteiger partial charge in [0, 0.05) is 25.0 Å². The van der Waals surface area contributed by atoms with Crippen LogP contribution in [0.4, 0.5) is 0 Å². The molecule has 2 aromatic rings. The van der Waals surface area contributed by atoms with Gasteiger partial charge in [-0.25, -0.2) is 0 Å². The molecule has 1 aromatic heterocycles. The minimum absolute atomic E-state index is 0.315. The molecule has 1 atom stereocenters. The first-order valence-corrected chi connectivity index (χ1v) is 8.40. The lowest BCUT2D eigenvalue weighted by atomic mass is 10.0. The summed E-state index contributed by atoms with van der Waals surface area (Å²) in [6.45, 7) is 1.97. The van der Waals surface area contributed by atoms with Crippen molar-refractivity contribution in [2.75, 3.05) is 13.2 Å². The maximum absolute atomic E-state index is 6.20. The summed E-state index contributed by atoms with van der Waals surface area (Å²) < 4.78 is 11.3. The molecule has 0 saturated heterocycles. The molecular formula is C18H19ClN2O2. The normalized spacial score (nSPS) is 17.8. The van der Waals surface area contributed by atoms with Gasteiger partial charge < -0.3 is 14.8 Å². The fourth-order valence-corrected chi connectivity index (χ4v) is 3.19. The Labute approximate surface area is 140 Å². The first-order valence-electron chi connectivity index (χ1n) is 8.02. The summed E-state index contributed by atoms with van der Waals surface area (Å²) in [5.41, 5.74) is 2.33. The van der Waals surface area contributed by atoms with E-state index in [-0.39, 0.29) is 0 Å². The van der Waals surface area contributed by atoms with Crippen molar-refractivity contribution in [3.05, 3.63) is 52.8 Å². The van der Waals surface area contributed by atoms with E-state index < -0.39 is 0 Å². The van der Waals surface area contributed by atoms with E-state index in [1.54, 1.807) is 12.4 Å². The number of benzene rings is 1. The molecule has 1 fully saturated rings. The van der Waals surface area contributed by atoms with E-state index in [2.05, 4.69) is 22.4 Å². The van der Waals surface area contributed by atoms with Gasteiger partial charge in [-0.3, -0.25) is 4.98 Å². The van der Waals surface area contributed by atoms with Crippen LogP contribution in [0, 0.1) is 5.92 Å². The van der Waals surface area contributed by atoms with Crippen molar-refractivity contribution < 1.29 is 9.47 Å². The number of halogens is 1. The number of nitrogens with zero attached hydrogens (tertiary/aromatic N) is 1. The highest BCUT2D eigenvalue weighted by Gasteiger charge is 2.32. The van der Waals surface area contributed by atoms with Crippen LogP contribution in [-0.4, -0.2) is 18.2 Å². The van der Waals surface area contributed by atoms with Crippen LogP contribution in [0.1, 0.15) is 30.0 Å². The van der Waals surface area contributed by atoms with Crippen LogP contribution in [-0.2, 0) is 6.54 Å². The van der Waals surface area contributed by atoms with Gasteiger partial charge in [-0.2, -0.15) is 0 Å². The second kappa shape index (κ2) is 6.38. The largest absolute Gasteiger partial charge is 0.486 e. The highest BCUT2D eigenvalue weighted by Crippen LogP contribution is 2.43. The van der Waals surface area contributed by atoms with Crippen molar-refractivity contribution in [3.8, 4) is 11.5 Å². The van der Waals surface area contributed by atoms with E-state index >= 15 is 0 Å². The Bertz CT molecular complexity index is 703. The summed E-state index contributed by atoms with van der Waals surface area (Å²) in [5.74, 6) is 2.37. The zero-order valence-electron chi connectivity index (χ0n) is 12.8. The molecule has 4 nitrogen and oxygen atoms in total. The number of hydrogen-bond acceptors (Lipinski definition) is 4. The van der Waals surface area contributed by atoms with Gasteiger partial charge in [0.1, 0.15) is 13.2 Å². The molecule has 1 aromatic carbocycles. The van der Waals surface area contributed by atoms with Crippen molar-refractivity contribution in [1.82, 2.24) is 10.3 Å². The number of aromatic nitrogens is 1. The van der Waals surface area contributed by atoms with Crippen molar-refractivity contribution in [2.24, 2.45) is 5.92 Å². The Morgan fingerprint density at radius 2 is 2.00 bits per heavy atom. The summed E-state index contributed by atoms with van der Waals surface area (Å²) in [7, 11) is 0. The summed E-state index contributed by atoms with van der Waals surface area (Å²) in [5, 5.41) is 4.36. The van der Waals surface area contributed by atoms with Gasteiger partial charge in [0.15, 0.2) is 11.5 Å². The Balaban J connectivity index is 1.53. The minimum atomic E-state index is 0.315. The van der Waals surface area contributed by atoms with E-state index in [1.165, 1.54) is 18.4 Å². The average Bonchev–Trinajstić information content (AvgIpc) is 3.41. The smallest absolute Gasteiger partial charge is 0.161 e. The molecule has 1 aliphatic heterocycles. The lowest BCUT2D eigenvalue weighted by molar-refractivity contribution is 0.171. The highest BCUT2D eigenvalue weighted by atomic mass is 35.5. The molecule has 1 aliphatic carbocycles. The lowest BCUT2D eigenvalue weighted by Gasteiger charge is -2.23. The maximum atomic E-state index is 6.20. The Morgan fingerprint density at radius 3 is 2.78 bits per heavy atom. The van der Waals surface area contributed by atoms with Crippen LogP contribution < -0.4 is 14.8 Å². The predicted octanol–water partition coefficient (Wildman–Crippen LogP) is 3.75. The molecule has 0 unspecified atom stereocenters. The zero-order valence-corrected chi connectivity index (χ0v) is 13.6. The van der Waals surface area contributed by atoms with Crippen LogP contribution in [0.15, 0.2) is 36.7 Å². The van der Waals surface area contributed by atoms with Gasteiger partial charge in [0.05, 0.1) is 5.02 Å². The van der Waals surface area contributed by atoms with E-state index in [9.17, 15) is 0 Å². The molecule has 0 amide bonds. The first-order chi connectivity index (χ1) is 11.3. The zero-order chi connectivity index (χ0) is 15.6. The number of rotatable bonds is 5. The van der Waals surface area contributed by atoms with E-state index in [4.69, 9.17) is 21.1 Å². The second-order valence-corrected chi connectivity index (χ2v) is 6.47. The Kier molecular flexibility index (Phi) is 4.10. The first kappa shape index (κ1) is 14.8. The third kappa shape index (κ3) is 3.28. The number of fused-ring (bicyclic) bond motifs is 1. The molecule has 23 heavy (non-hydrogen) atoms. The Morgan fingerprint density at radius 1 is 1.17 bits per heavy atom. The molecule has 2 aliphatic rings. The SMILES string of the molecule is Clc1cnccc1CN[C@H](c1ccc2c(c1)OCCO2)C1CC1. The molecule has 0 radical (unpaired) electrons. The number of ether oxygens (including phenoxy) is 2. The van der Waals surface area contributed by atoms with Gasteiger partial charge in [-0.05, 0) is 48.1 Å². The van der Waals surface area contributed by atoms with Gasteiger partial charge in [-0.1, -0.05) is 17.7 Å². The van der Waals surface area contributed by atoms with E-state index in [0.29, 0.717) is 30.2 Å². The van der Waals surface area contributed by atoms with Gasteiger partial charge >= 0.3 is 0 Å². The van der Waals surface area contributed by atoms with Crippen molar-refractivity contribution >= 4 is 11.6 Å². The molecule has 1 saturated carbocycles. The average molecular weight is 331 g/mol. The second-order valence-electron chi connectivity index (χ2n) is 6.07. The molecule has 120 valence electrons. The summed E-state index contributed by atoms with van der Waals surface area (Å²) in [6, 6.07) is 8.54. The van der Waals surface area contributed by atoms with Crippen LogP contribution in [0.25, 0.3) is 0 Å². The van der Waals surface area contributed by atoms with Gasteiger partial charge in [0.2, 0.25) is 0 Å². The standard InChI is InChI=1S/C18H19ClN2O2/c19-15-11-20-6-5-14(15)10-21-18(12-1-2-12)13-3-4-16-17(9-13)23-8-7-22-16/h3-6,9,11-12,18,21H,1-2,7-8,10H2/t18-/m0/s1. The van der Waals surface area contributed by atoms with Crippen molar-refractivity contribution in [1.29, 1.82) is 0 Å². The minimum Gasteiger partial charge on any atom is -0.486 e. The van der Waals surface area contributed by atoms with Gasteiger partial charge in [-0.15, -0.1) is 0 Å². The third-order valence-electron chi connectivity index (χ3n) is 4.39. The predicted molar refractivity (Wildman–Crippen MR) is 89.0 cm³/mol. The van der Waals surface area contributed by atoms with Crippen molar-refractivity contribution in [2.45, 2.75) is 25.4 Å². The van der Waals surface area contributed by atoms with Crippen molar-refractivity contribution in [3.63, 3.8) is 0 Å². The monoisotopic (exact) mass is 330 g/mol. The molecule has 5 heteroatoms. The van der Waals surface area contributed by atoms with E-state index in [0.717, 1.165) is 23.6 Å². The quantitative estimate of drug-likeness (QED) is 0.906. The van der Waals surface area contributed by atoms with Crippen LogP contribution in [0.2, 0.25) is 5.02 Å². The fourth-order valence-electron chi connectivity index (χ4n) is 3.01. The fraction of sp³-hybridized carbons (Fsp3) is 0.389. The molecule has 4 rings (SSSR count). The molecule has 1 N–H and O–H groups in total. The van der Waals surface area contributed by atoms with Gasteiger partial charge in [0.25, 0.3) is 0 Å². The van der Waals surface area contributed by atoms with Crippen LogP contribution in [0.5, 0.6) is 11.5 Å². The van der Waals surface area contributed by atoms with Crippen LogP contribution in [0.3, 0.4) is 0 Å². The molecule has 2 heterocycles. The molecular weight excluding hydrogens is 312 g/mol. The maximum Gasteiger partial charge on any atom is 0.161 e. The highest BCUT2D eigenvalue weighted by molar-refractivity contribution is 6.31. The van der Waals surface area contributed by atoms with E-state index in [1.807, 2.05) is 12.1 Å². The topological polar surface area (TPSA) is 43.4 Å².